The number of nitrogens with zero attached hydrogens (tertiary/aromatic N) is 1. The molecule has 0 radical (unpaired) electrons. The molecule has 0 atom stereocenters. The molecule has 3 N–H and O–H groups in total. The third kappa shape index (κ3) is 4.74. The first-order valence-electron chi connectivity index (χ1n) is 8.34. The Morgan fingerprint density at radius 1 is 1.18 bits per heavy atom. The average Bonchev–Trinajstić information content (AvgIpc) is 2.69. The summed E-state index contributed by atoms with van der Waals surface area (Å²) in [5.41, 5.74) is 6.95. The summed E-state index contributed by atoms with van der Waals surface area (Å²) in [6, 6.07) is 10.8. The van der Waals surface area contributed by atoms with Crippen LogP contribution in [0, 0.1) is 0 Å². The van der Waals surface area contributed by atoms with Crippen LogP contribution < -0.4 is 15.8 Å². The Balaban J connectivity index is 0.00000280. The van der Waals surface area contributed by atoms with Gasteiger partial charge in [-0.2, -0.15) is 4.31 Å². The zero-order valence-electron chi connectivity index (χ0n) is 15.3. The first-order chi connectivity index (χ1) is 12.9. The van der Waals surface area contributed by atoms with Gasteiger partial charge in [0.25, 0.3) is 5.91 Å². The number of nitrogens with two attached hydrogens (primary N) is 1. The number of sulfonamides is 1. The number of benzene rings is 2. The van der Waals surface area contributed by atoms with Gasteiger partial charge >= 0.3 is 0 Å². The second kappa shape index (κ2) is 9.24. The lowest BCUT2D eigenvalue weighted by molar-refractivity contribution is 0.0730. The summed E-state index contributed by atoms with van der Waals surface area (Å²) in [6.45, 7) is 1.31. The maximum absolute atomic E-state index is 12.7. The van der Waals surface area contributed by atoms with E-state index >= 15 is 0 Å². The number of ether oxygens (including phenoxy) is 2. The second-order valence-electron chi connectivity index (χ2n) is 5.96. The molecule has 10 heteroatoms. The van der Waals surface area contributed by atoms with Crippen LogP contribution in [-0.4, -0.2) is 52.0 Å². The number of hydrogen-bond acceptors (Lipinski definition) is 6. The van der Waals surface area contributed by atoms with Gasteiger partial charge < -0.3 is 20.5 Å². The molecule has 0 saturated carbocycles. The SMILES string of the molecule is COc1ccc(NC(=O)c2cccc(S(=O)(=O)N3CCOCC3)c2)cc1N.Cl. The van der Waals surface area contributed by atoms with Gasteiger partial charge in [-0.3, -0.25) is 4.79 Å². The fourth-order valence-corrected chi connectivity index (χ4v) is 4.20. The summed E-state index contributed by atoms with van der Waals surface area (Å²) in [5.74, 6) is 0.0743. The lowest BCUT2D eigenvalue weighted by Crippen LogP contribution is -2.40. The van der Waals surface area contributed by atoms with E-state index in [2.05, 4.69) is 5.32 Å². The van der Waals surface area contributed by atoms with Crippen molar-refractivity contribution in [3.63, 3.8) is 0 Å². The summed E-state index contributed by atoms with van der Waals surface area (Å²) >= 11 is 0. The van der Waals surface area contributed by atoms with Crippen molar-refractivity contribution in [3.8, 4) is 5.75 Å². The Labute approximate surface area is 170 Å². The molecule has 2 aromatic carbocycles. The van der Waals surface area contributed by atoms with Gasteiger partial charge in [-0.15, -0.1) is 12.4 Å². The number of anilines is 2. The number of halogens is 1. The molecule has 2 aromatic rings. The Hall–Kier alpha value is -2.33. The molecule has 3 rings (SSSR count). The molecule has 1 heterocycles. The van der Waals surface area contributed by atoms with Crippen molar-refractivity contribution in [2.24, 2.45) is 0 Å². The number of methoxy groups -OCH3 is 1. The van der Waals surface area contributed by atoms with Crippen LogP contribution in [0.4, 0.5) is 11.4 Å². The van der Waals surface area contributed by atoms with Crippen molar-refractivity contribution < 1.29 is 22.7 Å². The van der Waals surface area contributed by atoms with E-state index in [1.807, 2.05) is 0 Å². The smallest absolute Gasteiger partial charge is 0.255 e. The van der Waals surface area contributed by atoms with Crippen LogP contribution in [0.1, 0.15) is 10.4 Å². The van der Waals surface area contributed by atoms with E-state index in [-0.39, 0.29) is 22.9 Å². The normalized spacial score (nSPS) is 14.8. The van der Waals surface area contributed by atoms with Crippen molar-refractivity contribution in [3.05, 3.63) is 48.0 Å². The summed E-state index contributed by atoms with van der Waals surface area (Å²) < 4.78 is 37.1. The van der Waals surface area contributed by atoms with E-state index in [4.69, 9.17) is 15.2 Å². The topological polar surface area (TPSA) is 111 Å². The Bertz CT molecular complexity index is 946. The Morgan fingerprint density at radius 3 is 2.54 bits per heavy atom. The van der Waals surface area contributed by atoms with Crippen LogP contribution in [0.15, 0.2) is 47.4 Å². The molecular weight excluding hydrogens is 406 g/mol. The monoisotopic (exact) mass is 427 g/mol. The highest BCUT2D eigenvalue weighted by atomic mass is 35.5. The molecule has 1 aliphatic heterocycles. The number of amides is 1. The molecule has 0 bridgehead atoms. The number of nitrogen functional groups attached to an aromatic ring is 1. The number of nitrogens with one attached hydrogen (secondary N) is 1. The van der Waals surface area contributed by atoms with E-state index in [1.165, 1.54) is 23.5 Å². The fourth-order valence-electron chi connectivity index (χ4n) is 2.75. The molecule has 0 spiro atoms. The molecule has 28 heavy (non-hydrogen) atoms. The van der Waals surface area contributed by atoms with E-state index < -0.39 is 15.9 Å². The molecular formula is C18H22ClN3O5S. The number of carbonyl (C=O) groups excluding carboxylic acids is 1. The molecule has 1 fully saturated rings. The van der Waals surface area contributed by atoms with Crippen molar-refractivity contribution in [2.45, 2.75) is 4.90 Å². The van der Waals surface area contributed by atoms with Gasteiger partial charge in [0.1, 0.15) is 5.75 Å². The van der Waals surface area contributed by atoms with Crippen LogP contribution in [0.2, 0.25) is 0 Å². The van der Waals surface area contributed by atoms with Crippen molar-refractivity contribution in [1.29, 1.82) is 0 Å². The minimum Gasteiger partial charge on any atom is -0.495 e. The fraction of sp³-hybridized carbons (Fsp3) is 0.278. The standard InChI is InChI=1S/C18H21N3O5S.ClH/c1-25-17-6-5-14(12-16(17)19)20-18(22)13-3-2-4-15(11-13)27(23,24)21-7-9-26-10-8-21;/h2-6,11-12H,7-10,19H2,1H3,(H,20,22);1H. The van der Waals surface area contributed by atoms with Crippen LogP contribution in [0.25, 0.3) is 0 Å². The van der Waals surface area contributed by atoms with Gasteiger partial charge in [-0.05, 0) is 36.4 Å². The number of morpholine rings is 1. The zero-order valence-corrected chi connectivity index (χ0v) is 16.9. The number of hydrogen-bond donors (Lipinski definition) is 2. The van der Waals surface area contributed by atoms with Crippen LogP contribution in [0.5, 0.6) is 5.75 Å². The summed E-state index contributed by atoms with van der Waals surface area (Å²) in [4.78, 5) is 12.6. The molecule has 0 aliphatic carbocycles. The lowest BCUT2D eigenvalue weighted by atomic mass is 10.2. The lowest BCUT2D eigenvalue weighted by Gasteiger charge is -2.26. The van der Waals surface area contributed by atoms with Gasteiger partial charge in [0.15, 0.2) is 0 Å². The summed E-state index contributed by atoms with van der Waals surface area (Å²) in [6.07, 6.45) is 0. The minimum atomic E-state index is -3.67. The van der Waals surface area contributed by atoms with Crippen LogP contribution in [-0.2, 0) is 14.8 Å². The molecule has 1 saturated heterocycles. The highest BCUT2D eigenvalue weighted by molar-refractivity contribution is 7.89. The Morgan fingerprint density at radius 2 is 1.89 bits per heavy atom. The third-order valence-corrected chi connectivity index (χ3v) is 6.09. The van der Waals surface area contributed by atoms with E-state index in [9.17, 15) is 13.2 Å². The van der Waals surface area contributed by atoms with Gasteiger partial charge in [0.05, 0.1) is 30.9 Å². The highest BCUT2D eigenvalue weighted by Crippen LogP contribution is 2.25. The van der Waals surface area contributed by atoms with E-state index in [0.29, 0.717) is 43.4 Å². The van der Waals surface area contributed by atoms with Gasteiger partial charge in [-0.1, -0.05) is 6.07 Å². The van der Waals surface area contributed by atoms with E-state index in [1.54, 1.807) is 30.3 Å². The van der Waals surface area contributed by atoms with Gasteiger partial charge in [-0.25, -0.2) is 8.42 Å². The van der Waals surface area contributed by atoms with Crippen LogP contribution in [0.3, 0.4) is 0 Å². The summed E-state index contributed by atoms with van der Waals surface area (Å²) in [5, 5.41) is 2.71. The average molecular weight is 428 g/mol. The quantitative estimate of drug-likeness (QED) is 0.706. The van der Waals surface area contributed by atoms with E-state index in [0.717, 1.165) is 0 Å². The maximum Gasteiger partial charge on any atom is 0.255 e. The largest absolute Gasteiger partial charge is 0.495 e. The second-order valence-corrected chi connectivity index (χ2v) is 7.89. The maximum atomic E-state index is 12.7. The Kier molecular flexibility index (Phi) is 7.25. The van der Waals surface area contributed by atoms with Crippen molar-refractivity contribution in [2.75, 3.05) is 44.5 Å². The highest BCUT2D eigenvalue weighted by Gasteiger charge is 2.26. The minimum absolute atomic E-state index is 0. The van der Waals surface area contributed by atoms with Gasteiger partial charge in [0.2, 0.25) is 10.0 Å². The number of rotatable bonds is 5. The third-order valence-electron chi connectivity index (χ3n) is 4.19. The molecule has 0 unspecified atom stereocenters. The molecule has 0 aromatic heterocycles. The molecule has 8 nitrogen and oxygen atoms in total. The first kappa shape index (κ1) is 22.0. The summed E-state index contributed by atoms with van der Waals surface area (Å²) in [7, 11) is -2.17. The van der Waals surface area contributed by atoms with Crippen LogP contribution >= 0.6 is 12.4 Å². The molecule has 1 amide bonds. The molecule has 1 aliphatic rings. The zero-order chi connectivity index (χ0) is 19.4. The predicted molar refractivity (Wildman–Crippen MR) is 109 cm³/mol. The van der Waals surface area contributed by atoms with Crippen molar-refractivity contribution >= 4 is 39.7 Å². The number of carbonyl (C=O) groups is 1. The first-order valence-corrected chi connectivity index (χ1v) is 9.78. The van der Waals surface area contributed by atoms with Gasteiger partial charge in [0, 0.05) is 24.3 Å². The molecule has 152 valence electrons. The predicted octanol–water partition coefficient (Wildman–Crippen LogP) is 1.97. The van der Waals surface area contributed by atoms with Crippen molar-refractivity contribution in [1.82, 2.24) is 4.31 Å².